The summed E-state index contributed by atoms with van der Waals surface area (Å²) >= 11 is 5.90. The zero-order chi connectivity index (χ0) is 16.8. The Morgan fingerprint density at radius 2 is 1.96 bits per heavy atom. The smallest absolute Gasteiger partial charge is 0.270 e. The number of nitro benzene ring substituents is 1. The Bertz CT molecular complexity index is 717. The molecule has 2 aromatic carbocycles. The molecule has 0 atom stereocenters. The van der Waals surface area contributed by atoms with Gasteiger partial charge in [0.25, 0.3) is 11.6 Å². The van der Waals surface area contributed by atoms with E-state index in [4.69, 9.17) is 16.3 Å². The summed E-state index contributed by atoms with van der Waals surface area (Å²) in [6, 6.07) is 11.3. The normalized spacial score (nSPS) is 10.2. The van der Waals surface area contributed by atoms with E-state index < -0.39 is 10.8 Å². The fraction of sp³-hybridized carbons (Fsp3) is 0.188. The largest absolute Gasteiger partial charge is 0.492 e. The van der Waals surface area contributed by atoms with E-state index in [-0.39, 0.29) is 29.4 Å². The molecule has 0 heterocycles. The highest BCUT2D eigenvalue weighted by atomic mass is 35.5. The second kappa shape index (κ2) is 7.60. The minimum Gasteiger partial charge on any atom is -0.492 e. The first-order chi connectivity index (χ1) is 11.0. The highest BCUT2D eigenvalue weighted by Gasteiger charge is 2.15. The fourth-order valence-corrected chi connectivity index (χ4v) is 2.07. The first-order valence-corrected chi connectivity index (χ1v) is 7.27. The van der Waals surface area contributed by atoms with Crippen LogP contribution < -0.4 is 10.1 Å². The van der Waals surface area contributed by atoms with Gasteiger partial charge in [0.05, 0.1) is 22.1 Å². The molecule has 23 heavy (non-hydrogen) atoms. The average Bonchev–Trinajstić information content (AvgIpc) is 2.53. The number of nitro groups is 1. The summed E-state index contributed by atoms with van der Waals surface area (Å²) in [6.45, 7) is 2.51. The lowest BCUT2D eigenvalue weighted by Crippen LogP contribution is -2.28. The Labute approximate surface area is 138 Å². The van der Waals surface area contributed by atoms with Gasteiger partial charge in [0.1, 0.15) is 12.4 Å². The number of carbonyl (C=O) groups excluding carboxylic acids is 1. The molecule has 0 aliphatic heterocycles. The highest BCUT2D eigenvalue weighted by Crippen LogP contribution is 2.21. The van der Waals surface area contributed by atoms with E-state index in [2.05, 4.69) is 5.32 Å². The third-order valence-corrected chi connectivity index (χ3v) is 3.41. The van der Waals surface area contributed by atoms with Gasteiger partial charge in [-0.25, -0.2) is 0 Å². The van der Waals surface area contributed by atoms with E-state index in [0.29, 0.717) is 5.75 Å². The minimum atomic E-state index is -0.576. The summed E-state index contributed by atoms with van der Waals surface area (Å²) in [4.78, 5) is 22.2. The molecule has 0 saturated heterocycles. The summed E-state index contributed by atoms with van der Waals surface area (Å²) in [5.41, 5.74) is 1.01. The number of hydrogen-bond donors (Lipinski definition) is 1. The molecule has 0 bridgehead atoms. The number of nitrogens with zero attached hydrogens (tertiary/aromatic N) is 1. The predicted molar refractivity (Wildman–Crippen MR) is 87.1 cm³/mol. The second-order valence-corrected chi connectivity index (χ2v) is 5.25. The molecule has 1 amide bonds. The van der Waals surface area contributed by atoms with Gasteiger partial charge in [-0.15, -0.1) is 0 Å². The molecular weight excluding hydrogens is 320 g/mol. The molecular formula is C16H15ClN2O4. The van der Waals surface area contributed by atoms with Crippen molar-refractivity contribution in [1.29, 1.82) is 0 Å². The molecule has 0 unspecified atom stereocenters. The van der Waals surface area contributed by atoms with Crippen molar-refractivity contribution >= 4 is 23.2 Å². The predicted octanol–water partition coefficient (Wildman–Crippen LogP) is 3.37. The minimum absolute atomic E-state index is 0.0659. The van der Waals surface area contributed by atoms with E-state index in [9.17, 15) is 14.9 Å². The molecule has 0 fully saturated rings. The zero-order valence-electron chi connectivity index (χ0n) is 12.4. The SMILES string of the molecule is Cc1ccc(OCCNC(=O)c2cc([N+](=O)[O-])ccc2Cl)cc1. The van der Waals surface area contributed by atoms with Crippen LogP contribution in [0.15, 0.2) is 42.5 Å². The van der Waals surface area contributed by atoms with Crippen LogP contribution in [0.25, 0.3) is 0 Å². The number of hydrogen-bond acceptors (Lipinski definition) is 4. The van der Waals surface area contributed by atoms with Gasteiger partial charge in [-0.05, 0) is 25.1 Å². The van der Waals surface area contributed by atoms with E-state index in [1.54, 1.807) is 0 Å². The molecule has 0 radical (unpaired) electrons. The van der Waals surface area contributed by atoms with Crippen molar-refractivity contribution in [3.63, 3.8) is 0 Å². The number of rotatable bonds is 6. The van der Waals surface area contributed by atoms with Crippen molar-refractivity contribution in [3.8, 4) is 5.75 Å². The van der Waals surface area contributed by atoms with E-state index >= 15 is 0 Å². The third-order valence-electron chi connectivity index (χ3n) is 3.08. The van der Waals surface area contributed by atoms with Crippen molar-refractivity contribution in [2.45, 2.75) is 6.92 Å². The molecule has 0 aliphatic carbocycles. The summed E-state index contributed by atoms with van der Waals surface area (Å²) < 4.78 is 5.48. The maximum Gasteiger partial charge on any atom is 0.270 e. The van der Waals surface area contributed by atoms with Crippen molar-refractivity contribution in [3.05, 3.63) is 68.7 Å². The quantitative estimate of drug-likeness (QED) is 0.499. The average molecular weight is 335 g/mol. The molecule has 0 spiro atoms. The van der Waals surface area contributed by atoms with Gasteiger partial charge < -0.3 is 10.1 Å². The van der Waals surface area contributed by atoms with E-state index in [1.165, 1.54) is 12.1 Å². The number of benzene rings is 2. The molecule has 1 N–H and O–H groups in total. The second-order valence-electron chi connectivity index (χ2n) is 4.84. The van der Waals surface area contributed by atoms with Crippen LogP contribution in [0.1, 0.15) is 15.9 Å². The molecule has 6 nitrogen and oxygen atoms in total. The summed E-state index contributed by atoms with van der Waals surface area (Å²) in [5, 5.41) is 13.5. The lowest BCUT2D eigenvalue weighted by atomic mass is 10.2. The molecule has 120 valence electrons. The van der Waals surface area contributed by atoms with Crippen LogP contribution in [0.4, 0.5) is 5.69 Å². The number of amides is 1. The maximum atomic E-state index is 12.0. The van der Waals surface area contributed by atoms with Crippen molar-refractivity contribution in [2.75, 3.05) is 13.2 Å². The van der Waals surface area contributed by atoms with Crippen molar-refractivity contribution in [2.24, 2.45) is 0 Å². The molecule has 0 aromatic heterocycles. The van der Waals surface area contributed by atoms with Crippen LogP contribution in [0.5, 0.6) is 5.75 Å². The molecule has 2 aromatic rings. The number of nitrogens with one attached hydrogen (secondary N) is 1. The Balaban J connectivity index is 1.88. The molecule has 0 aliphatic rings. The van der Waals surface area contributed by atoms with E-state index in [1.807, 2.05) is 31.2 Å². The van der Waals surface area contributed by atoms with Gasteiger partial charge in [-0.2, -0.15) is 0 Å². The Kier molecular flexibility index (Phi) is 5.54. The lowest BCUT2D eigenvalue weighted by molar-refractivity contribution is -0.384. The summed E-state index contributed by atoms with van der Waals surface area (Å²) in [5.74, 6) is 0.226. The van der Waals surface area contributed by atoms with Crippen LogP contribution in [-0.2, 0) is 0 Å². The molecule has 2 rings (SSSR count). The number of carbonyl (C=O) groups is 1. The molecule has 0 saturated carbocycles. The summed E-state index contributed by atoms with van der Waals surface area (Å²) in [6.07, 6.45) is 0. The third kappa shape index (κ3) is 4.69. The van der Waals surface area contributed by atoms with Crippen LogP contribution in [-0.4, -0.2) is 24.0 Å². The van der Waals surface area contributed by atoms with Crippen molar-refractivity contribution in [1.82, 2.24) is 5.32 Å². The lowest BCUT2D eigenvalue weighted by Gasteiger charge is -2.09. The topological polar surface area (TPSA) is 81.5 Å². The Morgan fingerprint density at radius 1 is 1.26 bits per heavy atom. The number of halogens is 1. The Hall–Kier alpha value is -2.60. The number of ether oxygens (including phenoxy) is 1. The Morgan fingerprint density at radius 3 is 2.61 bits per heavy atom. The first-order valence-electron chi connectivity index (χ1n) is 6.89. The standard InChI is InChI=1S/C16H15ClN2O4/c1-11-2-5-13(6-3-11)23-9-8-18-16(20)14-10-12(19(21)22)4-7-15(14)17/h2-7,10H,8-9H2,1H3,(H,18,20). The fourth-order valence-electron chi connectivity index (χ4n) is 1.86. The van der Waals surface area contributed by atoms with Gasteiger partial charge >= 0.3 is 0 Å². The first kappa shape index (κ1) is 16.8. The van der Waals surface area contributed by atoms with Crippen LogP contribution >= 0.6 is 11.6 Å². The van der Waals surface area contributed by atoms with Crippen molar-refractivity contribution < 1.29 is 14.5 Å². The highest BCUT2D eigenvalue weighted by molar-refractivity contribution is 6.33. The monoisotopic (exact) mass is 334 g/mol. The maximum absolute atomic E-state index is 12.0. The van der Waals surface area contributed by atoms with E-state index in [0.717, 1.165) is 11.6 Å². The summed E-state index contributed by atoms with van der Waals surface area (Å²) in [7, 11) is 0. The van der Waals surface area contributed by atoms with Gasteiger partial charge in [-0.1, -0.05) is 29.3 Å². The number of non-ortho nitro benzene ring substituents is 1. The van der Waals surface area contributed by atoms with Gasteiger partial charge in [0, 0.05) is 12.1 Å². The van der Waals surface area contributed by atoms with Gasteiger partial charge in [0.15, 0.2) is 0 Å². The molecule has 7 heteroatoms. The van der Waals surface area contributed by atoms with Crippen LogP contribution in [0, 0.1) is 17.0 Å². The van der Waals surface area contributed by atoms with Crippen LogP contribution in [0.3, 0.4) is 0 Å². The number of aryl methyl sites for hydroxylation is 1. The van der Waals surface area contributed by atoms with Crippen LogP contribution in [0.2, 0.25) is 5.02 Å². The van der Waals surface area contributed by atoms with Gasteiger partial charge in [0.2, 0.25) is 0 Å². The van der Waals surface area contributed by atoms with Gasteiger partial charge in [-0.3, -0.25) is 14.9 Å². The zero-order valence-corrected chi connectivity index (χ0v) is 13.2.